The van der Waals surface area contributed by atoms with Gasteiger partial charge in [-0.25, -0.2) is 0 Å². The topological polar surface area (TPSA) is 55.6 Å². The zero-order valence-electron chi connectivity index (χ0n) is 12.7. The quantitative estimate of drug-likeness (QED) is 0.787. The van der Waals surface area contributed by atoms with E-state index in [1.165, 1.54) is 38.5 Å². The van der Waals surface area contributed by atoms with Crippen LogP contribution in [0.2, 0.25) is 0 Å². The van der Waals surface area contributed by atoms with Crippen LogP contribution in [0, 0.1) is 5.92 Å². The molecule has 0 aromatic carbocycles. The number of carbonyl (C=O) groups excluding carboxylic acids is 1. The SMILES string of the molecule is NCCOC1CCN(C(=O)CC2CCCCCC2)CC1. The highest BCUT2D eigenvalue weighted by Crippen LogP contribution is 2.26. The van der Waals surface area contributed by atoms with Crippen LogP contribution in [0.5, 0.6) is 0 Å². The molecule has 20 heavy (non-hydrogen) atoms. The van der Waals surface area contributed by atoms with Crippen LogP contribution in [-0.2, 0) is 9.53 Å². The normalized spacial score (nSPS) is 22.8. The van der Waals surface area contributed by atoms with Crippen LogP contribution in [0.25, 0.3) is 0 Å². The van der Waals surface area contributed by atoms with Crippen molar-refractivity contribution < 1.29 is 9.53 Å². The minimum atomic E-state index is 0.306. The molecule has 0 aromatic rings. The van der Waals surface area contributed by atoms with Crippen LogP contribution in [0.15, 0.2) is 0 Å². The zero-order valence-corrected chi connectivity index (χ0v) is 12.7. The van der Waals surface area contributed by atoms with Gasteiger partial charge in [-0.3, -0.25) is 4.79 Å². The summed E-state index contributed by atoms with van der Waals surface area (Å²) in [7, 11) is 0. The lowest BCUT2D eigenvalue weighted by atomic mass is 9.95. The second-order valence-electron chi connectivity index (χ2n) is 6.30. The summed E-state index contributed by atoms with van der Waals surface area (Å²) in [6, 6.07) is 0. The van der Waals surface area contributed by atoms with Gasteiger partial charge in [-0.2, -0.15) is 0 Å². The van der Waals surface area contributed by atoms with Gasteiger partial charge in [0.25, 0.3) is 0 Å². The number of amides is 1. The number of hydrogen-bond acceptors (Lipinski definition) is 3. The molecule has 116 valence electrons. The smallest absolute Gasteiger partial charge is 0.222 e. The van der Waals surface area contributed by atoms with Gasteiger partial charge in [0, 0.05) is 26.1 Å². The molecule has 0 unspecified atom stereocenters. The molecule has 1 amide bonds. The standard InChI is InChI=1S/C16H30N2O2/c17-9-12-20-15-7-10-18(11-8-15)16(19)13-14-5-3-1-2-4-6-14/h14-15H,1-13,17H2. The molecule has 4 nitrogen and oxygen atoms in total. The molecule has 4 heteroatoms. The Morgan fingerprint density at radius 1 is 1.05 bits per heavy atom. The summed E-state index contributed by atoms with van der Waals surface area (Å²) in [6.07, 6.45) is 10.9. The van der Waals surface area contributed by atoms with Gasteiger partial charge in [0.05, 0.1) is 12.7 Å². The first kappa shape index (κ1) is 15.8. The number of piperidine rings is 1. The van der Waals surface area contributed by atoms with Gasteiger partial charge < -0.3 is 15.4 Å². The Kier molecular flexibility index (Phi) is 6.80. The van der Waals surface area contributed by atoms with E-state index in [0.29, 0.717) is 31.1 Å². The van der Waals surface area contributed by atoms with E-state index in [2.05, 4.69) is 0 Å². The summed E-state index contributed by atoms with van der Waals surface area (Å²) in [5, 5.41) is 0. The fraction of sp³-hybridized carbons (Fsp3) is 0.938. The molecule has 2 N–H and O–H groups in total. The third-order valence-corrected chi connectivity index (χ3v) is 4.70. The lowest BCUT2D eigenvalue weighted by Gasteiger charge is -2.32. The summed E-state index contributed by atoms with van der Waals surface area (Å²) in [5.41, 5.74) is 5.45. The number of ether oxygens (including phenoxy) is 1. The predicted molar refractivity (Wildman–Crippen MR) is 80.4 cm³/mol. The molecule has 1 heterocycles. The van der Waals surface area contributed by atoms with Crippen LogP contribution >= 0.6 is 0 Å². The van der Waals surface area contributed by atoms with Gasteiger partial charge in [0.2, 0.25) is 5.91 Å². The molecular weight excluding hydrogens is 252 g/mol. The van der Waals surface area contributed by atoms with Crippen molar-refractivity contribution in [1.82, 2.24) is 4.90 Å². The van der Waals surface area contributed by atoms with Crippen molar-refractivity contribution in [1.29, 1.82) is 0 Å². The maximum absolute atomic E-state index is 12.4. The van der Waals surface area contributed by atoms with Gasteiger partial charge in [-0.15, -0.1) is 0 Å². The molecule has 1 aliphatic heterocycles. The second kappa shape index (κ2) is 8.63. The van der Waals surface area contributed by atoms with Gasteiger partial charge in [-0.1, -0.05) is 25.7 Å². The maximum atomic E-state index is 12.4. The lowest BCUT2D eigenvalue weighted by molar-refractivity contribution is -0.134. The molecule has 2 rings (SSSR count). The van der Waals surface area contributed by atoms with Crippen molar-refractivity contribution >= 4 is 5.91 Å². The Morgan fingerprint density at radius 3 is 2.30 bits per heavy atom. The number of nitrogens with zero attached hydrogens (tertiary/aromatic N) is 1. The van der Waals surface area contributed by atoms with Crippen molar-refractivity contribution in [2.24, 2.45) is 11.7 Å². The highest BCUT2D eigenvalue weighted by Gasteiger charge is 2.25. The first-order chi connectivity index (χ1) is 9.79. The Bertz CT molecular complexity index is 280. The Labute approximate surface area is 123 Å². The molecule has 0 radical (unpaired) electrons. The maximum Gasteiger partial charge on any atom is 0.222 e. The van der Waals surface area contributed by atoms with E-state index in [1.54, 1.807) is 0 Å². The molecule has 0 atom stereocenters. The van der Waals surface area contributed by atoms with E-state index in [9.17, 15) is 4.79 Å². The minimum absolute atomic E-state index is 0.306. The number of nitrogens with two attached hydrogens (primary N) is 1. The highest BCUT2D eigenvalue weighted by molar-refractivity contribution is 5.76. The minimum Gasteiger partial charge on any atom is -0.377 e. The molecule has 0 bridgehead atoms. The van der Waals surface area contributed by atoms with Crippen LogP contribution in [0.1, 0.15) is 57.8 Å². The van der Waals surface area contributed by atoms with Crippen molar-refractivity contribution in [2.75, 3.05) is 26.2 Å². The van der Waals surface area contributed by atoms with E-state index in [-0.39, 0.29) is 0 Å². The number of carbonyl (C=O) groups is 1. The Hall–Kier alpha value is -0.610. The summed E-state index contributed by atoms with van der Waals surface area (Å²) in [6.45, 7) is 2.95. The van der Waals surface area contributed by atoms with Crippen LogP contribution < -0.4 is 5.73 Å². The van der Waals surface area contributed by atoms with Gasteiger partial charge >= 0.3 is 0 Å². The fourth-order valence-electron chi connectivity index (χ4n) is 3.45. The van der Waals surface area contributed by atoms with Crippen molar-refractivity contribution in [3.8, 4) is 0 Å². The van der Waals surface area contributed by atoms with E-state index >= 15 is 0 Å². The first-order valence-electron chi connectivity index (χ1n) is 8.39. The highest BCUT2D eigenvalue weighted by atomic mass is 16.5. The molecule has 2 fully saturated rings. The molecule has 1 saturated heterocycles. The monoisotopic (exact) mass is 282 g/mol. The van der Waals surface area contributed by atoms with Crippen molar-refractivity contribution in [3.63, 3.8) is 0 Å². The average molecular weight is 282 g/mol. The number of rotatable bonds is 5. The number of hydrogen-bond donors (Lipinski definition) is 1. The van der Waals surface area contributed by atoms with E-state index < -0.39 is 0 Å². The van der Waals surface area contributed by atoms with E-state index in [4.69, 9.17) is 10.5 Å². The second-order valence-corrected chi connectivity index (χ2v) is 6.30. The zero-order chi connectivity index (χ0) is 14.2. The van der Waals surface area contributed by atoms with Crippen LogP contribution in [0.4, 0.5) is 0 Å². The van der Waals surface area contributed by atoms with Crippen molar-refractivity contribution in [3.05, 3.63) is 0 Å². The van der Waals surface area contributed by atoms with E-state index in [0.717, 1.165) is 32.4 Å². The Balaban J connectivity index is 1.68. The molecule has 1 saturated carbocycles. The lowest BCUT2D eigenvalue weighted by Crippen LogP contribution is -2.41. The summed E-state index contributed by atoms with van der Waals surface area (Å²) < 4.78 is 5.66. The summed E-state index contributed by atoms with van der Waals surface area (Å²) in [4.78, 5) is 14.4. The molecular formula is C16H30N2O2. The summed E-state index contributed by atoms with van der Waals surface area (Å²) in [5.74, 6) is 1.00. The van der Waals surface area contributed by atoms with Gasteiger partial charge in [-0.05, 0) is 31.6 Å². The molecule has 0 spiro atoms. The molecule has 1 aliphatic carbocycles. The van der Waals surface area contributed by atoms with E-state index in [1.807, 2.05) is 4.90 Å². The predicted octanol–water partition coefficient (Wildman–Crippen LogP) is 2.31. The van der Waals surface area contributed by atoms with Crippen molar-refractivity contribution in [2.45, 2.75) is 63.9 Å². The van der Waals surface area contributed by atoms with Crippen LogP contribution in [-0.4, -0.2) is 43.2 Å². The third-order valence-electron chi connectivity index (χ3n) is 4.70. The van der Waals surface area contributed by atoms with Crippen LogP contribution in [0.3, 0.4) is 0 Å². The summed E-state index contributed by atoms with van der Waals surface area (Å²) >= 11 is 0. The average Bonchev–Trinajstić information content (AvgIpc) is 2.74. The van der Waals surface area contributed by atoms with Gasteiger partial charge in [0.1, 0.15) is 0 Å². The third kappa shape index (κ3) is 5.06. The van der Waals surface area contributed by atoms with Gasteiger partial charge in [0.15, 0.2) is 0 Å². The number of likely N-dealkylation sites (tertiary alicyclic amines) is 1. The first-order valence-corrected chi connectivity index (χ1v) is 8.39. The fourth-order valence-corrected chi connectivity index (χ4v) is 3.45. The molecule has 0 aromatic heterocycles. The molecule has 2 aliphatic rings. The largest absolute Gasteiger partial charge is 0.377 e. The Morgan fingerprint density at radius 2 is 1.70 bits per heavy atom.